The summed E-state index contributed by atoms with van der Waals surface area (Å²) in [6, 6.07) is 51.5. The Balaban J connectivity index is 1.17. The third-order valence-electron chi connectivity index (χ3n) is 9.97. The van der Waals surface area contributed by atoms with Gasteiger partial charge in [0.25, 0.3) is 0 Å². The number of aliphatic imine (C=N–C) groups is 2. The van der Waals surface area contributed by atoms with E-state index in [1.807, 2.05) is 84.9 Å². The van der Waals surface area contributed by atoms with Crippen molar-refractivity contribution in [3.05, 3.63) is 168 Å². The number of rotatable bonds is 4. The van der Waals surface area contributed by atoms with Crippen LogP contribution in [-0.4, -0.2) is 11.7 Å². The summed E-state index contributed by atoms with van der Waals surface area (Å²) in [4.78, 5) is 10.5. The molecule has 0 aliphatic carbocycles. The Morgan fingerprint density at radius 2 is 0.941 bits per heavy atom. The van der Waals surface area contributed by atoms with Crippen LogP contribution in [0, 0.1) is 0 Å². The van der Waals surface area contributed by atoms with Crippen molar-refractivity contribution in [2.75, 3.05) is 0 Å². The number of para-hydroxylation sites is 3. The first-order valence-corrected chi connectivity index (χ1v) is 17.0. The summed E-state index contributed by atoms with van der Waals surface area (Å²) in [6.07, 6.45) is -0.382. The second-order valence-electron chi connectivity index (χ2n) is 12.9. The highest BCUT2D eigenvalue weighted by Gasteiger charge is 2.26. The van der Waals surface area contributed by atoms with Crippen LogP contribution in [0.2, 0.25) is 0 Å². The Labute approximate surface area is 291 Å². The Hall–Kier alpha value is -6.92. The molecular weight excluding hydrogens is 631 g/mol. The molecule has 1 aliphatic heterocycles. The van der Waals surface area contributed by atoms with Crippen LogP contribution >= 0.6 is 0 Å². The minimum atomic E-state index is -0.382. The van der Waals surface area contributed by atoms with E-state index in [0.717, 1.165) is 93.6 Å². The number of hydrogen-bond acceptors (Lipinski definition) is 6. The molecule has 11 rings (SSSR count). The first kappa shape index (κ1) is 28.0. The molecule has 0 spiro atoms. The summed E-state index contributed by atoms with van der Waals surface area (Å²) in [7, 11) is 0. The number of hydrogen-bond donors (Lipinski definition) is 1. The quantitative estimate of drug-likeness (QED) is 0.204. The fraction of sp³-hybridized carbons (Fsp3) is 0.0222. The topological polar surface area (TPSA) is 76.2 Å². The van der Waals surface area contributed by atoms with Gasteiger partial charge in [-0.05, 0) is 53.1 Å². The Bertz CT molecular complexity index is 3070. The maximum Gasteiger partial charge on any atom is 0.163 e. The van der Waals surface area contributed by atoms with Gasteiger partial charge in [-0.2, -0.15) is 0 Å². The van der Waals surface area contributed by atoms with Gasteiger partial charge in [0.15, 0.2) is 5.84 Å². The first-order valence-electron chi connectivity index (χ1n) is 17.0. The maximum atomic E-state index is 6.59. The van der Waals surface area contributed by atoms with Gasteiger partial charge in [-0.25, -0.2) is 9.98 Å². The molecule has 240 valence electrons. The fourth-order valence-electron chi connectivity index (χ4n) is 7.72. The SMILES string of the molecule is c1ccc(C2N=C(c3cccc4c3oc3ccccc34)N=C(c3cccc4oc5cccc(-c6cccc7oc8ccccc8c67)c5c34)N2)cc1. The zero-order valence-electron chi connectivity index (χ0n) is 27.1. The molecule has 1 N–H and O–H groups in total. The van der Waals surface area contributed by atoms with Crippen LogP contribution < -0.4 is 5.32 Å². The molecule has 4 heterocycles. The van der Waals surface area contributed by atoms with Crippen molar-refractivity contribution in [3.63, 3.8) is 0 Å². The van der Waals surface area contributed by atoms with Gasteiger partial charge in [0.05, 0.1) is 5.56 Å². The zero-order valence-corrected chi connectivity index (χ0v) is 27.1. The highest BCUT2D eigenvalue weighted by atomic mass is 16.3. The molecule has 7 aromatic carbocycles. The first-order chi connectivity index (χ1) is 25.3. The molecule has 3 aromatic heterocycles. The average Bonchev–Trinajstić information content (AvgIpc) is 3.89. The lowest BCUT2D eigenvalue weighted by molar-refractivity contribution is 0.662. The minimum absolute atomic E-state index is 0.382. The summed E-state index contributed by atoms with van der Waals surface area (Å²) in [5, 5.41) is 9.95. The van der Waals surface area contributed by atoms with Gasteiger partial charge in [0.2, 0.25) is 0 Å². The number of nitrogens with one attached hydrogen (secondary N) is 1. The van der Waals surface area contributed by atoms with Crippen LogP contribution in [0.1, 0.15) is 22.9 Å². The number of nitrogens with zero attached hydrogens (tertiary/aromatic N) is 2. The molecule has 1 aliphatic rings. The Morgan fingerprint density at radius 3 is 1.73 bits per heavy atom. The second-order valence-corrected chi connectivity index (χ2v) is 12.9. The van der Waals surface area contributed by atoms with E-state index in [-0.39, 0.29) is 6.17 Å². The zero-order chi connectivity index (χ0) is 33.5. The van der Waals surface area contributed by atoms with Crippen LogP contribution in [0.3, 0.4) is 0 Å². The van der Waals surface area contributed by atoms with E-state index in [0.29, 0.717) is 11.7 Å². The van der Waals surface area contributed by atoms with Crippen LogP contribution in [0.5, 0.6) is 0 Å². The molecule has 10 aromatic rings. The summed E-state index contributed by atoms with van der Waals surface area (Å²) in [5.41, 5.74) is 9.84. The molecule has 0 radical (unpaired) electrons. The molecule has 1 atom stereocenters. The van der Waals surface area contributed by atoms with Crippen molar-refractivity contribution in [3.8, 4) is 11.1 Å². The smallest absolute Gasteiger partial charge is 0.163 e. The third-order valence-corrected chi connectivity index (χ3v) is 9.97. The van der Waals surface area contributed by atoms with Crippen LogP contribution in [0.4, 0.5) is 0 Å². The van der Waals surface area contributed by atoms with E-state index < -0.39 is 0 Å². The van der Waals surface area contributed by atoms with E-state index in [2.05, 4.69) is 72.0 Å². The molecule has 0 fully saturated rings. The van der Waals surface area contributed by atoms with Crippen LogP contribution in [-0.2, 0) is 0 Å². The number of benzene rings is 7. The van der Waals surface area contributed by atoms with Gasteiger partial charge in [-0.15, -0.1) is 0 Å². The van der Waals surface area contributed by atoms with Crippen molar-refractivity contribution in [1.82, 2.24) is 5.32 Å². The van der Waals surface area contributed by atoms with Crippen molar-refractivity contribution >= 4 is 77.5 Å². The van der Waals surface area contributed by atoms with Crippen LogP contribution in [0.15, 0.2) is 175 Å². The van der Waals surface area contributed by atoms with E-state index in [9.17, 15) is 0 Å². The molecule has 51 heavy (non-hydrogen) atoms. The molecule has 0 amide bonds. The lowest BCUT2D eigenvalue weighted by atomic mass is 9.94. The lowest BCUT2D eigenvalue weighted by Crippen LogP contribution is -2.33. The minimum Gasteiger partial charge on any atom is -0.456 e. The van der Waals surface area contributed by atoms with Gasteiger partial charge in [0, 0.05) is 37.9 Å². The van der Waals surface area contributed by atoms with E-state index >= 15 is 0 Å². The van der Waals surface area contributed by atoms with Crippen molar-refractivity contribution in [1.29, 1.82) is 0 Å². The van der Waals surface area contributed by atoms with E-state index in [4.69, 9.17) is 23.2 Å². The number of amidine groups is 2. The standard InChI is InChI=1S/C45H27N3O3/c1-2-12-26(13-3-1)43-46-44(48-45(47-43)33-20-8-18-30-27-14-4-6-21-34(27)51-42(30)33)32-19-11-25-38-41(32)40-29(17-10-24-37(40)50-38)28-16-9-23-36-39(28)31-15-5-7-22-35(31)49-36/h1-25,43H,(H,46,47,48). The maximum absolute atomic E-state index is 6.59. The average molecular weight is 658 g/mol. The van der Waals surface area contributed by atoms with Gasteiger partial charge in [-0.1, -0.05) is 115 Å². The molecule has 6 heteroatoms. The van der Waals surface area contributed by atoms with Gasteiger partial charge in [0.1, 0.15) is 45.5 Å². The summed E-state index contributed by atoms with van der Waals surface area (Å²) < 4.78 is 19.4. The fourth-order valence-corrected chi connectivity index (χ4v) is 7.72. The number of fused-ring (bicyclic) bond motifs is 9. The van der Waals surface area contributed by atoms with Gasteiger partial charge in [-0.3, -0.25) is 0 Å². The lowest BCUT2D eigenvalue weighted by Gasteiger charge is -2.24. The largest absolute Gasteiger partial charge is 0.456 e. The Kier molecular flexibility index (Phi) is 5.92. The Morgan fingerprint density at radius 1 is 0.412 bits per heavy atom. The summed E-state index contributed by atoms with van der Waals surface area (Å²) in [5.74, 6) is 1.30. The number of furan rings is 3. The molecule has 0 saturated carbocycles. The van der Waals surface area contributed by atoms with Crippen LogP contribution in [0.25, 0.3) is 76.9 Å². The molecule has 1 unspecified atom stereocenters. The predicted molar refractivity (Wildman–Crippen MR) is 206 cm³/mol. The van der Waals surface area contributed by atoms with E-state index in [1.165, 1.54) is 0 Å². The predicted octanol–water partition coefficient (Wildman–Crippen LogP) is 11.5. The van der Waals surface area contributed by atoms with Crippen molar-refractivity contribution < 1.29 is 13.3 Å². The van der Waals surface area contributed by atoms with Gasteiger partial charge >= 0.3 is 0 Å². The van der Waals surface area contributed by atoms with E-state index in [1.54, 1.807) is 0 Å². The third kappa shape index (κ3) is 4.23. The van der Waals surface area contributed by atoms with Crippen molar-refractivity contribution in [2.45, 2.75) is 6.17 Å². The second kappa shape index (κ2) is 10.8. The molecular formula is C45H27N3O3. The molecule has 0 saturated heterocycles. The summed E-state index contributed by atoms with van der Waals surface area (Å²) >= 11 is 0. The monoisotopic (exact) mass is 657 g/mol. The van der Waals surface area contributed by atoms with Crippen molar-refractivity contribution in [2.24, 2.45) is 9.98 Å². The molecule has 0 bridgehead atoms. The highest BCUT2D eigenvalue weighted by Crippen LogP contribution is 2.43. The highest BCUT2D eigenvalue weighted by molar-refractivity contribution is 6.26. The normalized spacial score (nSPS) is 14.9. The van der Waals surface area contributed by atoms with Gasteiger partial charge < -0.3 is 18.6 Å². The summed E-state index contributed by atoms with van der Waals surface area (Å²) in [6.45, 7) is 0. The molecule has 6 nitrogen and oxygen atoms in total.